The normalized spacial score (nSPS) is 21.4. The number of nitrogen functional groups attached to an aromatic ring is 1. The molecular formula is C20H21FN6O2. The number of hydrogen-bond donors (Lipinski definition) is 2. The zero-order valence-electron chi connectivity index (χ0n) is 16.0. The first kappa shape index (κ1) is 18.0. The van der Waals surface area contributed by atoms with E-state index in [4.69, 9.17) is 10.5 Å². The minimum Gasteiger partial charge on any atom is -0.383 e. The van der Waals surface area contributed by atoms with Crippen molar-refractivity contribution >= 4 is 28.4 Å². The van der Waals surface area contributed by atoms with Gasteiger partial charge in [0, 0.05) is 17.6 Å². The Morgan fingerprint density at radius 1 is 1.34 bits per heavy atom. The van der Waals surface area contributed by atoms with E-state index < -0.39 is 5.92 Å². The molecule has 3 aromatic rings. The van der Waals surface area contributed by atoms with E-state index in [9.17, 15) is 9.18 Å². The predicted molar refractivity (Wildman–Crippen MR) is 106 cm³/mol. The molecule has 1 amide bonds. The first-order chi connectivity index (χ1) is 14.0. The Kier molecular flexibility index (Phi) is 4.20. The van der Waals surface area contributed by atoms with Gasteiger partial charge in [0.25, 0.3) is 0 Å². The first-order valence-electron chi connectivity index (χ1n) is 9.77. The van der Waals surface area contributed by atoms with E-state index in [0.717, 1.165) is 31.3 Å². The molecule has 150 valence electrons. The molecule has 1 unspecified atom stereocenters. The monoisotopic (exact) mass is 396 g/mol. The summed E-state index contributed by atoms with van der Waals surface area (Å²) in [5.74, 6) is 0.0541. The topological polar surface area (TPSA) is 108 Å². The summed E-state index contributed by atoms with van der Waals surface area (Å²) in [4.78, 5) is 20.9. The van der Waals surface area contributed by atoms with Crippen LogP contribution in [-0.4, -0.2) is 38.4 Å². The number of fused-ring (bicyclic) bond motifs is 2. The molecule has 9 heteroatoms. The number of benzene rings is 1. The number of hydrogen-bond acceptors (Lipinski definition) is 6. The summed E-state index contributed by atoms with van der Waals surface area (Å²) in [6.45, 7) is 3.01. The van der Waals surface area contributed by atoms with E-state index in [1.165, 1.54) is 12.1 Å². The van der Waals surface area contributed by atoms with Crippen molar-refractivity contribution in [1.29, 1.82) is 0 Å². The van der Waals surface area contributed by atoms with Crippen LogP contribution in [0.1, 0.15) is 37.7 Å². The molecule has 2 aliphatic heterocycles. The molecule has 0 radical (unpaired) electrons. The summed E-state index contributed by atoms with van der Waals surface area (Å²) in [5.41, 5.74) is 7.88. The van der Waals surface area contributed by atoms with Crippen LogP contribution in [0.15, 0.2) is 18.2 Å². The summed E-state index contributed by atoms with van der Waals surface area (Å²) in [5, 5.41) is 8.14. The third kappa shape index (κ3) is 3.02. The highest BCUT2D eigenvalue weighted by Gasteiger charge is 2.32. The van der Waals surface area contributed by atoms with Crippen molar-refractivity contribution in [1.82, 2.24) is 19.7 Å². The van der Waals surface area contributed by atoms with Crippen LogP contribution in [0.25, 0.3) is 22.4 Å². The van der Waals surface area contributed by atoms with Gasteiger partial charge in [-0.1, -0.05) is 0 Å². The highest BCUT2D eigenvalue weighted by molar-refractivity contribution is 6.03. The van der Waals surface area contributed by atoms with Gasteiger partial charge in [0.2, 0.25) is 5.91 Å². The number of nitrogens with two attached hydrogens (primary N) is 1. The smallest absolute Gasteiger partial charge is 0.233 e. The maximum absolute atomic E-state index is 14.0. The van der Waals surface area contributed by atoms with Crippen molar-refractivity contribution in [2.45, 2.75) is 44.8 Å². The highest BCUT2D eigenvalue weighted by atomic mass is 19.1. The number of rotatable bonds is 3. The Bertz CT molecular complexity index is 1120. The lowest BCUT2D eigenvalue weighted by Crippen LogP contribution is -2.25. The molecule has 1 saturated heterocycles. The van der Waals surface area contributed by atoms with Gasteiger partial charge in [0.1, 0.15) is 23.1 Å². The largest absolute Gasteiger partial charge is 0.383 e. The third-order valence-corrected chi connectivity index (χ3v) is 5.62. The van der Waals surface area contributed by atoms with Gasteiger partial charge >= 0.3 is 0 Å². The molecule has 5 rings (SSSR count). The van der Waals surface area contributed by atoms with E-state index in [1.54, 1.807) is 17.7 Å². The fourth-order valence-electron chi connectivity index (χ4n) is 4.07. The van der Waals surface area contributed by atoms with Gasteiger partial charge in [-0.25, -0.2) is 14.4 Å². The van der Waals surface area contributed by atoms with Gasteiger partial charge < -0.3 is 15.8 Å². The molecule has 8 nitrogen and oxygen atoms in total. The van der Waals surface area contributed by atoms with Crippen LogP contribution in [-0.2, 0) is 16.1 Å². The average Bonchev–Trinajstić information content (AvgIpc) is 3.20. The van der Waals surface area contributed by atoms with Crippen LogP contribution in [0, 0.1) is 5.82 Å². The van der Waals surface area contributed by atoms with Gasteiger partial charge in [-0.15, -0.1) is 0 Å². The van der Waals surface area contributed by atoms with Crippen molar-refractivity contribution in [2.75, 3.05) is 17.7 Å². The van der Waals surface area contributed by atoms with Gasteiger partial charge in [-0.05, 0) is 44.4 Å². The molecule has 1 fully saturated rings. The number of anilines is 2. The van der Waals surface area contributed by atoms with E-state index in [0.29, 0.717) is 35.0 Å². The van der Waals surface area contributed by atoms with Crippen molar-refractivity contribution in [2.24, 2.45) is 0 Å². The van der Waals surface area contributed by atoms with Gasteiger partial charge in [0.15, 0.2) is 5.82 Å². The number of carbonyl (C=O) groups excluding carboxylic acids is 1. The second-order valence-corrected chi connectivity index (χ2v) is 7.59. The number of aromatic nitrogens is 4. The van der Waals surface area contributed by atoms with E-state index in [2.05, 4.69) is 20.4 Å². The molecule has 0 bridgehead atoms. The SMILES string of the molecule is C[C@H]1C(=O)Nc2nc(-c3nn(CC4CCCCO4)c4cc(F)ccc34)nc(N)c21. The maximum atomic E-state index is 14.0. The Hall–Kier alpha value is -3.07. The van der Waals surface area contributed by atoms with Crippen molar-refractivity contribution < 1.29 is 13.9 Å². The number of nitrogens with zero attached hydrogens (tertiary/aromatic N) is 4. The molecular weight excluding hydrogens is 375 g/mol. The lowest BCUT2D eigenvalue weighted by atomic mass is 10.1. The lowest BCUT2D eigenvalue weighted by Gasteiger charge is -2.22. The van der Waals surface area contributed by atoms with Crippen LogP contribution in [0.4, 0.5) is 16.0 Å². The number of halogens is 1. The number of nitrogens with one attached hydrogen (secondary N) is 1. The summed E-state index contributed by atoms with van der Waals surface area (Å²) >= 11 is 0. The summed E-state index contributed by atoms with van der Waals surface area (Å²) in [6.07, 6.45) is 3.14. The molecule has 29 heavy (non-hydrogen) atoms. The molecule has 4 heterocycles. The molecule has 3 N–H and O–H groups in total. The molecule has 0 aliphatic carbocycles. The van der Waals surface area contributed by atoms with E-state index in [-0.39, 0.29) is 23.6 Å². The minimum atomic E-state index is -0.397. The molecule has 1 aromatic carbocycles. The van der Waals surface area contributed by atoms with Crippen molar-refractivity contribution in [3.63, 3.8) is 0 Å². The average molecular weight is 396 g/mol. The Morgan fingerprint density at radius 2 is 2.21 bits per heavy atom. The lowest BCUT2D eigenvalue weighted by molar-refractivity contribution is -0.116. The fraction of sp³-hybridized carbons (Fsp3) is 0.400. The van der Waals surface area contributed by atoms with Gasteiger partial charge in [-0.2, -0.15) is 5.10 Å². The predicted octanol–water partition coefficient (Wildman–Crippen LogP) is 2.84. The Morgan fingerprint density at radius 3 is 3.00 bits per heavy atom. The number of carbonyl (C=O) groups is 1. The second-order valence-electron chi connectivity index (χ2n) is 7.59. The van der Waals surface area contributed by atoms with Crippen molar-refractivity contribution in [3.05, 3.63) is 29.6 Å². The minimum absolute atomic E-state index is 0.0362. The summed E-state index contributed by atoms with van der Waals surface area (Å²) < 4.78 is 21.5. The highest BCUT2D eigenvalue weighted by Crippen LogP contribution is 2.37. The van der Waals surface area contributed by atoms with Crippen LogP contribution in [0.5, 0.6) is 0 Å². The molecule has 2 aromatic heterocycles. The standard InChI is InChI=1S/C20H21FN6O2/c1-10-15-17(22)23-19(24-18(15)25-20(10)28)16-13-6-5-11(21)8-14(13)27(26-16)9-12-4-2-3-7-29-12/h5-6,8,10,12H,2-4,7,9H2,1H3,(H3,22,23,24,25,28)/t10-,12?/m1/s1. The quantitative estimate of drug-likeness (QED) is 0.705. The van der Waals surface area contributed by atoms with Crippen LogP contribution in [0.3, 0.4) is 0 Å². The number of ether oxygens (including phenoxy) is 1. The van der Waals surface area contributed by atoms with Crippen LogP contribution < -0.4 is 11.1 Å². The zero-order valence-corrected chi connectivity index (χ0v) is 16.0. The second kappa shape index (κ2) is 6.77. The third-order valence-electron chi connectivity index (χ3n) is 5.62. The Balaban J connectivity index is 1.61. The molecule has 2 atom stereocenters. The van der Waals surface area contributed by atoms with Gasteiger partial charge in [0.05, 0.1) is 24.1 Å². The molecule has 0 spiro atoms. The van der Waals surface area contributed by atoms with Crippen molar-refractivity contribution in [3.8, 4) is 11.5 Å². The van der Waals surface area contributed by atoms with Gasteiger partial charge in [-0.3, -0.25) is 9.48 Å². The van der Waals surface area contributed by atoms with E-state index in [1.807, 2.05) is 0 Å². The molecule has 0 saturated carbocycles. The Labute approximate surface area is 166 Å². The maximum Gasteiger partial charge on any atom is 0.233 e. The van der Waals surface area contributed by atoms with Crippen LogP contribution >= 0.6 is 0 Å². The van der Waals surface area contributed by atoms with E-state index >= 15 is 0 Å². The zero-order chi connectivity index (χ0) is 20.1. The molecule has 2 aliphatic rings. The summed E-state index contributed by atoms with van der Waals surface area (Å²) in [6, 6.07) is 4.50. The first-order valence-corrected chi connectivity index (χ1v) is 9.77. The fourth-order valence-corrected chi connectivity index (χ4v) is 4.07. The number of amides is 1. The summed E-state index contributed by atoms with van der Waals surface area (Å²) in [7, 11) is 0. The van der Waals surface area contributed by atoms with Crippen LogP contribution in [0.2, 0.25) is 0 Å².